The lowest BCUT2D eigenvalue weighted by molar-refractivity contribution is -0.119. The number of hydrogen-bond donors (Lipinski definition) is 3. The smallest absolute Gasteiger partial charge is 0.242 e. The van der Waals surface area contributed by atoms with Gasteiger partial charge >= 0.3 is 0 Å². The zero-order valence-corrected chi connectivity index (χ0v) is 12.7. The van der Waals surface area contributed by atoms with Crippen LogP contribution in [0, 0.1) is 0 Å². The molecule has 0 fully saturated rings. The van der Waals surface area contributed by atoms with Gasteiger partial charge < -0.3 is 11.5 Å². The highest BCUT2D eigenvalue weighted by Crippen LogP contribution is 2.15. The van der Waals surface area contributed by atoms with Crippen LogP contribution in [0.2, 0.25) is 0 Å². The molecule has 0 aromatic carbocycles. The van der Waals surface area contributed by atoms with E-state index in [1.807, 2.05) is 0 Å². The fraction of sp³-hybridized carbons (Fsp3) is 0.364. The predicted octanol–water partition coefficient (Wildman–Crippen LogP) is -0.352. The molecule has 20 heavy (non-hydrogen) atoms. The number of nitrogens with zero attached hydrogens (tertiary/aromatic N) is 1. The molecule has 7 nitrogen and oxygen atoms in total. The fourth-order valence-corrected chi connectivity index (χ4v) is 3.06. The number of aromatic nitrogens is 1. The molecule has 1 rings (SSSR count). The Morgan fingerprint density at radius 3 is 2.40 bits per heavy atom. The van der Waals surface area contributed by atoms with Crippen molar-refractivity contribution in [3.8, 4) is 0 Å². The van der Waals surface area contributed by atoms with Gasteiger partial charge in [0.05, 0.1) is 5.69 Å². The van der Waals surface area contributed by atoms with Gasteiger partial charge in [0.2, 0.25) is 15.9 Å². The number of primary amides is 1. The summed E-state index contributed by atoms with van der Waals surface area (Å²) in [6.07, 6.45) is 1.03. The van der Waals surface area contributed by atoms with Crippen LogP contribution in [0.5, 0.6) is 0 Å². The Balaban J connectivity index is 2.99. The number of nitrogens with one attached hydrogen (secondary N) is 1. The van der Waals surface area contributed by atoms with Crippen molar-refractivity contribution in [1.82, 2.24) is 9.71 Å². The van der Waals surface area contributed by atoms with E-state index >= 15 is 0 Å². The first-order valence-electron chi connectivity index (χ1n) is 5.62. The number of carbonyl (C=O) groups is 1. The van der Waals surface area contributed by atoms with Crippen LogP contribution in [0.3, 0.4) is 0 Å². The van der Waals surface area contributed by atoms with E-state index in [2.05, 4.69) is 9.71 Å². The fourth-order valence-electron chi connectivity index (χ4n) is 1.58. The highest BCUT2D eigenvalue weighted by Gasteiger charge is 2.28. The summed E-state index contributed by atoms with van der Waals surface area (Å²) in [7, 11) is -3.81. The summed E-state index contributed by atoms with van der Waals surface area (Å²) in [6.45, 7) is 3.12. The molecular weight excluding hydrogens is 300 g/mol. The first-order valence-corrected chi connectivity index (χ1v) is 7.51. The summed E-state index contributed by atoms with van der Waals surface area (Å²) in [5.74, 6) is -0.598. The van der Waals surface area contributed by atoms with Crippen molar-refractivity contribution in [2.24, 2.45) is 11.5 Å². The highest BCUT2D eigenvalue weighted by atomic mass is 32.2. The summed E-state index contributed by atoms with van der Waals surface area (Å²) < 4.78 is 26.7. The summed E-state index contributed by atoms with van der Waals surface area (Å²) in [5.41, 5.74) is 9.79. The molecule has 0 atom stereocenters. The van der Waals surface area contributed by atoms with Crippen molar-refractivity contribution in [2.45, 2.75) is 30.7 Å². The van der Waals surface area contributed by atoms with Crippen molar-refractivity contribution in [2.75, 3.05) is 0 Å². The molecule has 0 aliphatic heterocycles. The van der Waals surface area contributed by atoms with E-state index in [0.717, 1.165) is 6.20 Å². The number of nitrogens with two attached hydrogens (primary N) is 2. The molecule has 110 valence electrons. The molecule has 0 saturated carbocycles. The minimum atomic E-state index is -3.81. The molecule has 0 bridgehead atoms. The monoisotopic (exact) mass is 316 g/mol. The zero-order valence-electron chi connectivity index (χ0n) is 11.1. The van der Waals surface area contributed by atoms with Crippen LogP contribution >= 0.6 is 12.2 Å². The van der Waals surface area contributed by atoms with E-state index in [4.69, 9.17) is 23.7 Å². The average molecular weight is 316 g/mol. The second-order valence-corrected chi connectivity index (χ2v) is 7.00. The van der Waals surface area contributed by atoms with Crippen LogP contribution in [0.4, 0.5) is 0 Å². The normalized spacial score (nSPS) is 12.1. The molecule has 1 amide bonds. The van der Waals surface area contributed by atoms with Crippen LogP contribution in [0.25, 0.3) is 0 Å². The Morgan fingerprint density at radius 1 is 1.40 bits per heavy atom. The topological polar surface area (TPSA) is 128 Å². The van der Waals surface area contributed by atoms with Gasteiger partial charge in [0.25, 0.3) is 0 Å². The average Bonchev–Trinajstić information content (AvgIpc) is 2.25. The molecule has 1 heterocycles. The number of thiocarbonyl (C=S) groups is 1. The lowest BCUT2D eigenvalue weighted by Crippen LogP contribution is -2.45. The van der Waals surface area contributed by atoms with Gasteiger partial charge in [0, 0.05) is 18.2 Å². The second kappa shape index (κ2) is 5.81. The number of rotatable bonds is 6. The molecule has 0 aliphatic carbocycles. The largest absolute Gasteiger partial charge is 0.388 e. The van der Waals surface area contributed by atoms with Gasteiger partial charge in [0.15, 0.2) is 0 Å². The summed E-state index contributed by atoms with van der Waals surface area (Å²) in [4.78, 5) is 14.8. The maximum absolute atomic E-state index is 12.1. The van der Waals surface area contributed by atoms with Gasteiger partial charge in [-0.1, -0.05) is 12.2 Å². The zero-order chi connectivity index (χ0) is 15.6. The van der Waals surface area contributed by atoms with Crippen LogP contribution in [0.15, 0.2) is 23.2 Å². The number of amides is 1. The van der Waals surface area contributed by atoms with E-state index in [1.165, 1.54) is 12.1 Å². The van der Waals surface area contributed by atoms with Crippen LogP contribution in [-0.2, 0) is 14.8 Å². The predicted molar refractivity (Wildman–Crippen MR) is 78.3 cm³/mol. The van der Waals surface area contributed by atoms with Gasteiger partial charge in [-0.25, -0.2) is 13.1 Å². The third kappa shape index (κ3) is 4.51. The third-order valence-corrected chi connectivity index (χ3v) is 4.22. The molecule has 0 spiro atoms. The second-order valence-electron chi connectivity index (χ2n) is 4.88. The van der Waals surface area contributed by atoms with Crippen LogP contribution < -0.4 is 16.2 Å². The van der Waals surface area contributed by atoms with E-state index in [0.29, 0.717) is 5.69 Å². The lowest BCUT2D eigenvalue weighted by atomic mass is 10.0. The third-order valence-electron chi connectivity index (χ3n) is 2.33. The number of carbonyl (C=O) groups excluding carboxylic acids is 1. The summed E-state index contributed by atoms with van der Waals surface area (Å²) >= 11 is 4.73. The first-order chi connectivity index (χ1) is 9.03. The van der Waals surface area contributed by atoms with Crippen molar-refractivity contribution in [1.29, 1.82) is 0 Å². The lowest BCUT2D eigenvalue weighted by Gasteiger charge is -2.24. The molecule has 5 N–H and O–H groups in total. The quantitative estimate of drug-likeness (QED) is 0.615. The Morgan fingerprint density at radius 2 is 2.00 bits per heavy atom. The minimum absolute atomic E-state index is 0.0463. The molecule has 0 radical (unpaired) electrons. The standard InChI is InChI=1S/C11H16N4O3S2/c1-11(2,5-9(12)16)15-20(17,18)7-3-4-8(10(13)19)14-6-7/h3-4,6,15H,5H2,1-2H3,(H2,12,16)(H2,13,19). The number of pyridine rings is 1. The number of sulfonamides is 1. The SMILES string of the molecule is CC(C)(CC(N)=O)NS(=O)(=O)c1ccc(C(N)=S)nc1. The highest BCUT2D eigenvalue weighted by molar-refractivity contribution is 7.89. The van der Waals surface area contributed by atoms with Crippen molar-refractivity contribution >= 4 is 33.1 Å². The van der Waals surface area contributed by atoms with Gasteiger partial charge in [-0.05, 0) is 26.0 Å². The number of hydrogen-bond acceptors (Lipinski definition) is 5. The molecule has 1 aromatic heterocycles. The Labute approximate surface area is 122 Å². The van der Waals surface area contributed by atoms with Gasteiger partial charge in [-0.2, -0.15) is 0 Å². The van der Waals surface area contributed by atoms with Crippen LogP contribution in [0.1, 0.15) is 26.0 Å². The van der Waals surface area contributed by atoms with E-state index in [-0.39, 0.29) is 16.3 Å². The van der Waals surface area contributed by atoms with Gasteiger partial charge in [-0.15, -0.1) is 0 Å². The van der Waals surface area contributed by atoms with Crippen LogP contribution in [-0.4, -0.2) is 29.8 Å². The van der Waals surface area contributed by atoms with E-state index in [9.17, 15) is 13.2 Å². The molecule has 0 aliphatic rings. The maximum Gasteiger partial charge on any atom is 0.242 e. The van der Waals surface area contributed by atoms with Crippen molar-refractivity contribution < 1.29 is 13.2 Å². The molecular formula is C11H16N4O3S2. The maximum atomic E-state index is 12.1. The van der Waals surface area contributed by atoms with Crippen molar-refractivity contribution in [3.05, 3.63) is 24.0 Å². The molecule has 9 heteroatoms. The molecule has 0 unspecified atom stereocenters. The van der Waals surface area contributed by atoms with Gasteiger partial charge in [0.1, 0.15) is 9.88 Å². The van der Waals surface area contributed by atoms with E-state index < -0.39 is 21.5 Å². The van der Waals surface area contributed by atoms with E-state index in [1.54, 1.807) is 13.8 Å². The summed E-state index contributed by atoms with van der Waals surface area (Å²) in [6, 6.07) is 2.75. The Bertz CT molecular complexity index is 624. The molecule has 1 aromatic rings. The first kappa shape index (κ1) is 16.5. The minimum Gasteiger partial charge on any atom is -0.388 e. The van der Waals surface area contributed by atoms with Gasteiger partial charge in [-0.3, -0.25) is 9.78 Å². The summed E-state index contributed by atoms with van der Waals surface area (Å²) in [5, 5.41) is 0. The molecule has 0 saturated heterocycles. The Hall–Kier alpha value is -1.58. The van der Waals surface area contributed by atoms with Crippen molar-refractivity contribution in [3.63, 3.8) is 0 Å². The Kier molecular flexibility index (Phi) is 4.79.